The Bertz CT molecular complexity index is 767. The average Bonchev–Trinajstić information content (AvgIpc) is 2.63. The first-order chi connectivity index (χ1) is 12.9. The second-order valence-electron chi connectivity index (χ2n) is 6.77. The summed E-state index contributed by atoms with van der Waals surface area (Å²) < 4.78 is 17.1. The van der Waals surface area contributed by atoms with Gasteiger partial charge in [0.25, 0.3) is 0 Å². The summed E-state index contributed by atoms with van der Waals surface area (Å²) in [6, 6.07) is 11.7. The molecule has 0 fully saturated rings. The maximum Gasteiger partial charge on any atom is 0.303 e. The van der Waals surface area contributed by atoms with Crippen molar-refractivity contribution in [2.24, 2.45) is 0 Å². The van der Waals surface area contributed by atoms with Crippen LogP contribution in [0.3, 0.4) is 0 Å². The van der Waals surface area contributed by atoms with Crippen molar-refractivity contribution in [3.05, 3.63) is 53.1 Å². The third-order valence-corrected chi connectivity index (χ3v) is 4.25. The number of carbonyl (C=O) groups is 1. The normalized spacial score (nSPS) is 10.7. The summed E-state index contributed by atoms with van der Waals surface area (Å²) in [5.41, 5.74) is 3.23. The van der Waals surface area contributed by atoms with Crippen molar-refractivity contribution in [2.75, 3.05) is 20.3 Å². The number of benzene rings is 2. The van der Waals surface area contributed by atoms with E-state index in [9.17, 15) is 4.79 Å². The van der Waals surface area contributed by atoms with E-state index >= 15 is 0 Å². The molecule has 2 aromatic rings. The molecule has 0 saturated heterocycles. The van der Waals surface area contributed by atoms with E-state index in [4.69, 9.17) is 19.3 Å². The fourth-order valence-electron chi connectivity index (χ4n) is 2.79. The summed E-state index contributed by atoms with van der Waals surface area (Å²) in [5, 5.41) is 8.83. The van der Waals surface area contributed by atoms with Gasteiger partial charge in [-0.2, -0.15) is 0 Å². The van der Waals surface area contributed by atoms with E-state index in [0.29, 0.717) is 37.1 Å². The zero-order chi connectivity index (χ0) is 19.8. The first kappa shape index (κ1) is 20.6. The molecule has 0 aliphatic heterocycles. The Hall–Kier alpha value is -2.69. The molecule has 0 unspecified atom stereocenters. The first-order valence-corrected chi connectivity index (χ1v) is 9.15. The lowest BCUT2D eigenvalue weighted by Crippen LogP contribution is -2.11. The highest BCUT2D eigenvalue weighted by atomic mass is 16.5. The van der Waals surface area contributed by atoms with Crippen molar-refractivity contribution in [1.82, 2.24) is 0 Å². The zero-order valence-corrected chi connectivity index (χ0v) is 16.5. The number of hydrogen-bond donors (Lipinski definition) is 1. The number of aryl methyl sites for hydroxylation is 2. The molecule has 146 valence electrons. The third kappa shape index (κ3) is 6.20. The smallest absolute Gasteiger partial charge is 0.303 e. The van der Waals surface area contributed by atoms with Crippen LogP contribution in [-0.2, 0) is 11.2 Å². The molecule has 0 spiro atoms. The van der Waals surface area contributed by atoms with Gasteiger partial charge in [-0.25, -0.2) is 0 Å². The molecule has 2 rings (SSSR count). The van der Waals surface area contributed by atoms with E-state index in [0.717, 1.165) is 16.9 Å². The Labute approximate surface area is 160 Å². The molecule has 0 radical (unpaired) electrons. The van der Waals surface area contributed by atoms with Crippen LogP contribution in [-0.4, -0.2) is 31.4 Å². The van der Waals surface area contributed by atoms with Crippen molar-refractivity contribution in [2.45, 2.75) is 39.5 Å². The van der Waals surface area contributed by atoms with Gasteiger partial charge in [0, 0.05) is 6.42 Å². The predicted molar refractivity (Wildman–Crippen MR) is 105 cm³/mol. The van der Waals surface area contributed by atoms with E-state index in [1.807, 2.05) is 25.1 Å². The topological polar surface area (TPSA) is 65.0 Å². The summed E-state index contributed by atoms with van der Waals surface area (Å²) in [5.74, 6) is 1.66. The van der Waals surface area contributed by atoms with Crippen molar-refractivity contribution in [3.8, 4) is 17.2 Å². The highest BCUT2D eigenvalue weighted by Crippen LogP contribution is 2.29. The van der Waals surface area contributed by atoms with Gasteiger partial charge in [-0.3, -0.25) is 4.79 Å². The number of hydrogen-bond acceptors (Lipinski definition) is 4. The minimum atomic E-state index is -0.819. The SMILES string of the molecule is COc1ccc(CCC(=O)O)cc1OCCOc1cc(C)ccc1C(C)C. The Morgan fingerprint density at radius 1 is 1.00 bits per heavy atom. The molecule has 0 saturated carbocycles. The fraction of sp³-hybridized carbons (Fsp3) is 0.409. The lowest BCUT2D eigenvalue weighted by Gasteiger charge is -2.16. The number of carboxylic acid groups (broad SMARTS) is 1. The van der Waals surface area contributed by atoms with E-state index in [1.165, 1.54) is 5.56 Å². The second-order valence-corrected chi connectivity index (χ2v) is 6.77. The van der Waals surface area contributed by atoms with Crippen LogP contribution in [0.5, 0.6) is 17.2 Å². The molecule has 5 heteroatoms. The van der Waals surface area contributed by atoms with Crippen LogP contribution in [0, 0.1) is 6.92 Å². The Kier molecular flexibility index (Phi) is 7.53. The molecule has 27 heavy (non-hydrogen) atoms. The lowest BCUT2D eigenvalue weighted by molar-refractivity contribution is -0.136. The molecule has 0 amide bonds. The summed E-state index contributed by atoms with van der Waals surface area (Å²) in [6.45, 7) is 7.10. The maximum absolute atomic E-state index is 10.8. The van der Waals surface area contributed by atoms with Crippen LogP contribution in [0.4, 0.5) is 0 Å². The first-order valence-electron chi connectivity index (χ1n) is 9.15. The van der Waals surface area contributed by atoms with Gasteiger partial charge >= 0.3 is 5.97 Å². The van der Waals surface area contributed by atoms with Crippen LogP contribution in [0.1, 0.15) is 42.9 Å². The number of ether oxygens (including phenoxy) is 3. The number of rotatable bonds is 10. The van der Waals surface area contributed by atoms with Crippen molar-refractivity contribution >= 4 is 5.97 Å². The monoisotopic (exact) mass is 372 g/mol. The Morgan fingerprint density at radius 3 is 2.33 bits per heavy atom. The predicted octanol–water partition coefficient (Wildman–Crippen LogP) is 4.60. The van der Waals surface area contributed by atoms with Gasteiger partial charge in [0.15, 0.2) is 11.5 Å². The van der Waals surface area contributed by atoms with Gasteiger partial charge in [0.2, 0.25) is 0 Å². The highest BCUT2D eigenvalue weighted by molar-refractivity contribution is 5.67. The van der Waals surface area contributed by atoms with Crippen LogP contribution in [0.25, 0.3) is 0 Å². The minimum absolute atomic E-state index is 0.0835. The zero-order valence-electron chi connectivity index (χ0n) is 16.5. The van der Waals surface area contributed by atoms with Gasteiger partial charge in [-0.05, 0) is 54.2 Å². The average molecular weight is 372 g/mol. The van der Waals surface area contributed by atoms with Gasteiger partial charge in [-0.1, -0.05) is 32.0 Å². The van der Waals surface area contributed by atoms with Crippen molar-refractivity contribution < 1.29 is 24.1 Å². The Morgan fingerprint density at radius 2 is 1.70 bits per heavy atom. The standard InChI is InChI=1S/C22H28O5/c1-15(2)18-8-5-16(3)13-20(18)26-11-12-27-21-14-17(7-10-22(23)24)6-9-19(21)25-4/h5-6,8-9,13-15H,7,10-12H2,1-4H3,(H,23,24). The molecule has 0 aliphatic rings. The van der Waals surface area contributed by atoms with Crippen LogP contribution in [0.15, 0.2) is 36.4 Å². The molecule has 5 nitrogen and oxygen atoms in total. The van der Waals surface area contributed by atoms with Gasteiger partial charge in [-0.15, -0.1) is 0 Å². The molecule has 0 heterocycles. The lowest BCUT2D eigenvalue weighted by atomic mass is 10.0. The molecule has 2 aromatic carbocycles. The van der Waals surface area contributed by atoms with Crippen molar-refractivity contribution in [3.63, 3.8) is 0 Å². The number of methoxy groups -OCH3 is 1. The summed E-state index contributed by atoms with van der Waals surface area (Å²) in [7, 11) is 1.58. The molecular weight excluding hydrogens is 344 g/mol. The largest absolute Gasteiger partial charge is 0.493 e. The second kappa shape index (κ2) is 9.86. The van der Waals surface area contributed by atoms with Gasteiger partial charge < -0.3 is 19.3 Å². The van der Waals surface area contributed by atoms with Gasteiger partial charge in [0.1, 0.15) is 19.0 Å². The number of carboxylic acids is 1. The van der Waals surface area contributed by atoms with E-state index in [1.54, 1.807) is 13.2 Å². The minimum Gasteiger partial charge on any atom is -0.493 e. The quantitative estimate of drug-likeness (QED) is 0.617. The van der Waals surface area contributed by atoms with E-state index in [2.05, 4.69) is 26.0 Å². The molecule has 0 aromatic heterocycles. The third-order valence-electron chi connectivity index (χ3n) is 4.25. The van der Waals surface area contributed by atoms with E-state index in [-0.39, 0.29) is 6.42 Å². The molecule has 0 bridgehead atoms. The molecular formula is C22H28O5. The van der Waals surface area contributed by atoms with E-state index < -0.39 is 5.97 Å². The maximum atomic E-state index is 10.8. The summed E-state index contributed by atoms with van der Waals surface area (Å²) in [4.78, 5) is 10.8. The molecule has 0 aliphatic carbocycles. The number of aliphatic carboxylic acids is 1. The Balaban J connectivity index is 1.97. The van der Waals surface area contributed by atoms with Crippen molar-refractivity contribution in [1.29, 1.82) is 0 Å². The summed E-state index contributed by atoms with van der Waals surface area (Å²) in [6.07, 6.45) is 0.535. The van der Waals surface area contributed by atoms with Crippen LogP contribution in [0.2, 0.25) is 0 Å². The highest BCUT2D eigenvalue weighted by Gasteiger charge is 2.10. The molecule has 0 atom stereocenters. The van der Waals surface area contributed by atoms with Gasteiger partial charge in [0.05, 0.1) is 7.11 Å². The molecule has 1 N–H and O–H groups in total. The van der Waals surface area contributed by atoms with Crippen LogP contribution < -0.4 is 14.2 Å². The fourth-order valence-corrected chi connectivity index (χ4v) is 2.79. The summed E-state index contributed by atoms with van der Waals surface area (Å²) >= 11 is 0. The van der Waals surface area contributed by atoms with Crippen LogP contribution >= 0.6 is 0 Å².